The monoisotopic (exact) mass is 357 g/mol. The third kappa shape index (κ3) is 2.28. The number of nitrogens with one attached hydrogen (secondary N) is 1. The Balaban J connectivity index is 1.84. The summed E-state index contributed by atoms with van der Waals surface area (Å²) in [6, 6.07) is 17.5. The predicted octanol–water partition coefficient (Wildman–Crippen LogP) is 2.34. The molecule has 27 heavy (non-hydrogen) atoms. The van der Waals surface area contributed by atoms with Crippen molar-refractivity contribution in [1.29, 1.82) is 0 Å². The minimum Gasteiger partial charge on any atom is -0.344 e. The van der Waals surface area contributed by atoms with Gasteiger partial charge >= 0.3 is 0 Å². The molecule has 0 spiro atoms. The van der Waals surface area contributed by atoms with Crippen LogP contribution in [-0.4, -0.2) is 22.9 Å². The Bertz CT molecular complexity index is 1130. The maximum atomic E-state index is 12.8. The maximum absolute atomic E-state index is 12.8. The van der Waals surface area contributed by atoms with Crippen LogP contribution in [0, 0.1) is 5.92 Å². The fraction of sp³-hybridized carbons (Fsp3) is 0.182. The highest BCUT2D eigenvalue weighted by Crippen LogP contribution is 2.41. The topological polar surface area (TPSA) is 77.1 Å². The largest absolute Gasteiger partial charge is 0.344 e. The molecule has 3 heterocycles. The molecule has 5 nitrogen and oxygen atoms in total. The molecule has 0 fully saturated rings. The molecule has 2 aliphatic rings. The van der Waals surface area contributed by atoms with Crippen molar-refractivity contribution in [3.63, 3.8) is 0 Å². The summed E-state index contributed by atoms with van der Waals surface area (Å²) in [6.07, 6.45) is 0.813. The Morgan fingerprint density at radius 3 is 2.44 bits per heavy atom. The molecule has 0 bridgehead atoms. The molecule has 2 amide bonds. The molecule has 0 saturated carbocycles. The van der Waals surface area contributed by atoms with Gasteiger partial charge in [0.05, 0.1) is 11.1 Å². The lowest BCUT2D eigenvalue weighted by molar-refractivity contribution is -0.122. The average molecular weight is 357 g/mol. The third-order valence-electron chi connectivity index (χ3n) is 5.58. The summed E-state index contributed by atoms with van der Waals surface area (Å²) < 4.78 is 2.26. The number of benzene rings is 2. The zero-order chi connectivity index (χ0) is 18.5. The molecule has 134 valence electrons. The maximum Gasteiger partial charge on any atom is 0.259 e. The number of nitrogens with two attached hydrogens (primary N) is 1. The van der Waals surface area contributed by atoms with Crippen LogP contribution in [0.15, 0.2) is 54.6 Å². The molecule has 3 aromatic rings. The van der Waals surface area contributed by atoms with Gasteiger partial charge in [0.1, 0.15) is 0 Å². The van der Waals surface area contributed by atoms with Crippen molar-refractivity contribution in [2.24, 2.45) is 11.7 Å². The average Bonchev–Trinajstić information content (AvgIpc) is 3.32. The Morgan fingerprint density at radius 2 is 1.67 bits per heavy atom. The Labute approximate surface area is 156 Å². The number of nitrogens with zero attached hydrogens (tertiary/aromatic N) is 1. The normalized spacial score (nSPS) is 19.1. The summed E-state index contributed by atoms with van der Waals surface area (Å²) in [5.41, 5.74) is 10.7. The first-order valence-electron chi connectivity index (χ1n) is 9.15. The number of hydrogen-bond donors (Lipinski definition) is 2. The van der Waals surface area contributed by atoms with Crippen molar-refractivity contribution in [2.45, 2.75) is 13.0 Å². The van der Waals surface area contributed by atoms with Gasteiger partial charge in [-0.25, -0.2) is 0 Å². The molecule has 2 aromatic carbocycles. The second-order valence-corrected chi connectivity index (χ2v) is 7.15. The fourth-order valence-corrected chi connectivity index (χ4v) is 4.38. The van der Waals surface area contributed by atoms with Crippen LogP contribution in [0.5, 0.6) is 0 Å². The van der Waals surface area contributed by atoms with E-state index in [4.69, 9.17) is 5.73 Å². The molecule has 0 saturated heterocycles. The highest BCUT2D eigenvalue weighted by Gasteiger charge is 2.37. The SMILES string of the molecule is NC[C@H]1Cc2c(C3=C(c4ccccc4)C(=O)NC3=O)c3ccccc3n2C1. The van der Waals surface area contributed by atoms with E-state index in [-0.39, 0.29) is 11.8 Å². The molecule has 1 aromatic heterocycles. The van der Waals surface area contributed by atoms with Crippen molar-refractivity contribution in [3.8, 4) is 0 Å². The number of hydrogen-bond acceptors (Lipinski definition) is 3. The van der Waals surface area contributed by atoms with Crippen LogP contribution in [0.3, 0.4) is 0 Å². The number of fused-ring (bicyclic) bond motifs is 3. The van der Waals surface area contributed by atoms with Gasteiger partial charge in [0.25, 0.3) is 11.8 Å². The number of rotatable bonds is 3. The van der Waals surface area contributed by atoms with Crippen LogP contribution in [0.1, 0.15) is 16.8 Å². The van der Waals surface area contributed by atoms with E-state index in [1.54, 1.807) is 0 Å². The van der Waals surface area contributed by atoms with Gasteiger partial charge in [0, 0.05) is 28.7 Å². The Morgan fingerprint density at radius 1 is 0.963 bits per heavy atom. The van der Waals surface area contributed by atoms with E-state index >= 15 is 0 Å². The van der Waals surface area contributed by atoms with Crippen LogP contribution in [0.4, 0.5) is 0 Å². The quantitative estimate of drug-likeness (QED) is 0.707. The number of carbonyl (C=O) groups is 2. The zero-order valence-corrected chi connectivity index (χ0v) is 14.7. The van der Waals surface area contributed by atoms with Gasteiger partial charge in [0.15, 0.2) is 0 Å². The molecule has 5 heteroatoms. The van der Waals surface area contributed by atoms with Gasteiger partial charge in [-0.1, -0.05) is 48.5 Å². The lowest BCUT2D eigenvalue weighted by atomic mass is 9.92. The predicted molar refractivity (Wildman–Crippen MR) is 105 cm³/mol. The number of para-hydroxylation sites is 1. The Hall–Kier alpha value is -3.18. The molecule has 3 N–H and O–H groups in total. The molecular weight excluding hydrogens is 338 g/mol. The van der Waals surface area contributed by atoms with E-state index in [9.17, 15) is 9.59 Å². The lowest BCUT2D eigenvalue weighted by Crippen LogP contribution is -2.23. The first-order chi connectivity index (χ1) is 13.2. The van der Waals surface area contributed by atoms with E-state index in [0.717, 1.165) is 40.7 Å². The summed E-state index contributed by atoms with van der Waals surface area (Å²) in [5.74, 6) is -0.308. The highest BCUT2D eigenvalue weighted by molar-refractivity contribution is 6.50. The van der Waals surface area contributed by atoms with Gasteiger partial charge in [-0.15, -0.1) is 0 Å². The number of aromatic nitrogens is 1. The minimum atomic E-state index is -0.335. The van der Waals surface area contributed by atoms with Crippen molar-refractivity contribution >= 4 is 33.9 Å². The molecule has 1 atom stereocenters. The van der Waals surface area contributed by atoms with Crippen molar-refractivity contribution < 1.29 is 9.59 Å². The second kappa shape index (κ2) is 5.93. The molecule has 0 radical (unpaired) electrons. The summed E-state index contributed by atoms with van der Waals surface area (Å²) in [4.78, 5) is 25.5. The van der Waals surface area contributed by atoms with E-state index in [1.165, 1.54) is 0 Å². The van der Waals surface area contributed by atoms with Crippen LogP contribution in [-0.2, 0) is 22.6 Å². The van der Waals surface area contributed by atoms with E-state index < -0.39 is 0 Å². The summed E-state index contributed by atoms with van der Waals surface area (Å²) in [7, 11) is 0. The van der Waals surface area contributed by atoms with Crippen molar-refractivity contribution in [3.05, 3.63) is 71.4 Å². The van der Waals surface area contributed by atoms with Gasteiger partial charge < -0.3 is 10.3 Å². The van der Waals surface area contributed by atoms with Crippen molar-refractivity contribution in [2.75, 3.05) is 6.54 Å². The smallest absolute Gasteiger partial charge is 0.259 e. The van der Waals surface area contributed by atoms with Gasteiger partial charge in [0.2, 0.25) is 0 Å². The molecule has 0 aliphatic carbocycles. The molecule has 2 aliphatic heterocycles. The van der Waals surface area contributed by atoms with E-state index in [0.29, 0.717) is 23.6 Å². The van der Waals surface area contributed by atoms with Gasteiger partial charge in [-0.05, 0) is 30.5 Å². The van der Waals surface area contributed by atoms with E-state index in [1.807, 2.05) is 48.5 Å². The van der Waals surface area contributed by atoms with Crippen molar-refractivity contribution in [1.82, 2.24) is 9.88 Å². The number of carbonyl (C=O) groups excluding carboxylic acids is 2. The number of amides is 2. The van der Waals surface area contributed by atoms with Crippen LogP contribution in [0.25, 0.3) is 22.0 Å². The zero-order valence-electron chi connectivity index (χ0n) is 14.7. The summed E-state index contributed by atoms with van der Waals surface area (Å²) in [6.45, 7) is 1.45. The fourth-order valence-electron chi connectivity index (χ4n) is 4.38. The standard InChI is InChI=1S/C22H19N3O2/c23-11-13-10-17-19(15-8-4-5-9-16(15)25(17)12-13)20-18(21(26)24-22(20)27)14-6-2-1-3-7-14/h1-9,13H,10-12,23H2,(H,24,26,27)/t13-/m1/s1. The number of imide groups is 1. The van der Waals surface area contributed by atoms with E-state index in [2.05, 4.69) is 16.0 Å². The lowest BCUT2D eigenvalue weighted by Gasteiger charge is -2.08. The van der Waals surface area contributed by atoms with Gasteiger partial charge in [-0.2, -0.15) is 0 Å². The molecular formula is C22H19N3O2. The summed E-state index contributed by atoms with van der Waals surface area (Å²) >= 11 is 0. The van der Waals surface area contributed by atoms with Crippen LogP contribution < -0.4 is 11.1 Å². The minimum absolute atomic E-state index is 0.325. The molecule has 5 rings (SSSR count). The first kappa shape index (κ1) is 16.0. The Kier molecular flexibility index (Phi) is 3.52. The van der Waals surface area contributed by atoms with Gasteiger partial charge in [-0.3, -0.25) is 14.9 Å². The second-order valence-electron chi connectivity index (χ2n) is 7.15. The first-order valence-corrected chi connectivity index (χ1v) is 9.15. The van der Waals surface area contributed by atoms with Crippen LogP contribution in [0.2, 0.25) is 0 Å². The third-order valence-corrected chi connectivity index (χ3v) is 5.58. The highest BCUT2D eigenvalue weighted by atomic mass is 16.2. The molecule has 0 unspecified atom stereocenters. The van der Waals surface area contributed by atoms with Crippen LogP contribution >= 0.6 is 0 Å². The summed E-state index contributed by atoms with van der Waals surface area (Å²) in [5, 5.41) is 3.51.